The molecule has 130 valence electrons. The summed E-state index contributed by atoms with van der Waals surface area (Å²) in [6, 6.07) is 14.7. The quantitative estimate of drug-likeness (QED) is 0.621. The van der Waals surface area contributed by atoms with Gasteiger partial charge in [-0.05, 0) is 59.7 Å². The fraction of sp³-hybridized carbons (Fsp3) is 0.273. The predicted octanol–water partition coefficient (Wildman–Crippen LogP) is 5.44. The van der Waals surface area contributed by atoms with E-state index in [-0.39, 0.29) is 11.9 Å². The Bertz CT molecular complexity index is 966. The molecule has 0 amide bonds. The van der Waals surface area contributed by atoms with E-state index in [1.54, 1.807) is 12.1 Å². The van der Waals surface area contributed by atoms with Crippen LogP contribution in [-0.4, -0.2) is 9.55 Å². The molecule has 0 aliphatic carbocycles. The number of benzene rings is 2. The highest BCUT2D eigenvalue weighted by Crippen LogP contribution is 2.39. The third kappa shape index (κ3) is 2.90. The van der Waals surface area contributed by atoms with Gasteiger partial charge in [0.2, 0.25) is 0 Å². The highest BCUT2D eigenvalue weighted by atomic mass is 19.1. The Labute approximate surface area is 152 Å². The number of fused-ring (bicyclic) bond motifs is 1. The monoisotopic (exact) mass is 345 g/mol. The molecule has 1 aliphatic heterocycles. The van der Waals surface area contributed by atoms with Crippen molar-refractivity contribution in [3.8, 4) is 17.2 Å². The molecule has 2 aromatic carbocycles. The van der Waals surface area contributed by atoms with Crippen molar-refractivity contribution >= 4 is 0 Å². The topological polar surface area (TPSA) is 41.6 Å². The van der Waals surface area contributed by atoms with E-state index in [0.29, 0.717) is 11.5 Å². The molecule has 2 heterocycles. The van der Waals surface area contributed by atoms with Gasteiger partial charge in [-0.25, -0.2) is 9.37 Å². The smallest absolute Gasteiger partial charge is 0.123 e. The number of hydrogen-bond acceptors (Lipinski definition) is 2. The molecule has 4 heteroatoms. The Morgan fingerprint density at radius 1 is 1.15 bits per heavy atom. The maximum absolute atomic E-state index is 13.4. The van der Waals surface area contributed by atoms with Crippen molar-refractivity contribution in [1.82, 2.24) is 9.55 Å². The number of halogens is 1. The van der Waals surface area contributed by atoms with Crippen molar-refractivity contribution in [1.29, 1.82) is 5.26 Å². The Morgan fingerprint density at radius 3 is 2.73 bits per heavy atom. The van der Waals surface area contributed by atoms with Crippen molar-refractivity contribution in [3.63, 3.8) is 0 Å². The predicted molar refractivity (Wildman–Crippen MR) is 99.2 cm³/mol. The van der Waals surface area contributed by atoms with Gasteiger partial charge in [-0.2, -0.15) is 5.26 Å². The lowest BCUT2D eigenvalue weighted by molar-refractivity contribution is 0.536. The zero-order valence-corrected chi connectivity index (χ0v) is 14.7. The van der Waals surface area contributed by atoms with Crippen molar-refractivity contribution in [3.05, 3.63) is 77.6 Å². The van der Waals surface area contributed by atoms with Gasteiger partial charge in [-0.1, -0.05) is 31.5 Å². The zero-order chi connectivity index (χ0) is 18.1. The largest absolute Gasteiger partial charge is 0.327 e. The van der Waals surface area contributed by atoms with Crippen LogP contribution in [0.4, 0.5) is 4.39 Å². The van der Waals surface area contributed by atoms with Crippen LogP contribution in [0.2, 0.25) is 0 Å². The van der Waals surface area contributed by atoms with E-state index in [1.807, 2.05) is 30.7 Å². The van der Waals surface area contributed by atoms with Crippen LogP contribution in [0.5, 0.6) is 0 Å². The zero-order valence-electron chi connectivity index (χ0n) is 14.7. The molecule has 0 saturated heterocycles. The van der Waals surface area contributed by atoms with Crippen LogP contribution in [0.3, 0.4) is 0 Å². The van der Waals surface area contributed by atoms with Gasteiger partial charge in [0.15, 0.2) is 0 Å². The lowest BCUT2D eigenvalue weighted by Crippen LogP contribution is -2.12. The average Bonchev–Trinajstić information content (AvgIpc) is 3.09. The van der Waals surface area contributed by atoms with Crippen molar-refractivity contribution in [2.24, 2.45) is 0 Å². The van der Waals surface area contributed by atoms with Gasteiger partial charge in [0, 0.05) is 11.9 Å². The van der Waals surface area contributed by atoms with E-state index in [2.05, 4.69) is 22.5 Å². The van der Waals surface area contributed by atoms with Crippen LogP contribution in [0.25, 0.3) is 11.1 Å². The normalized spacial score (nSPS) is 19.4. The average molecular weight is 345 g/mol. The molecular weight excluding hydrogens is 325 g/mol. The third-order valence-electron chi connectivity index (χ3n) is 5.35. The molecule has 4 rings (SSSR count). The molecule has 26 heavy (non-hydrogen) atoms. The van der Waals surface area contributed by atoms with E-state index in [1.165, 1.54) is 17.8 Å². The van der Waals surface area contributed by atoms with Gasteiger partial charge in [0.05, 0.1) is 24.0 Å². The van der Waals surface area contributed by atoms with E-state index in [4.69, 9.17) is 0 Å². The van der Waals surface area contributed by atoms with Gasteiger partial charge in [-0.15, -0.1) is 0 Å². The van der Waals surface area contributed by atoms with Crippen LogP contribution in [-0.2, 0) is 0 Å². The Hall–Kier alpha value is -2.93. The summed E-state index contributed by atoms with van der Waals surface area (Å²) < 4.78 is 15.7. The van der Waals surface area contributed by atoms with Gasteiger partial charge in [-0.3, -0.25) is 0 Å². The van der Waals surface area contributed by atoms with Crippen LogP contribution in [0.1, 0.15) is 55.0 Å². The second kappa shape index (κ2) is 6.76. The minimum atomic E-state index is -0.257. The van der Waals surface area contributed by atoms with E-state index < -0.39 is 0 Å². The number of nitrogens with zero attached hydrogens (tertiary/aromatic N) is 3. The Kier molecular flexibility index (Phi) is 4.30. The fourth-order valence-corrected chi connectivity index (χ4v) is 3.96. The molecule has 3 aromatic rings. The minimum absolute atomic E-state index is 0.172. The third-order valence-corrected chi connectivity index (χ3v) is 5.35. The highest BCUT2D eigenvalue weighted by molar-refractivity contribution is 5.70. The summed E-state index contributed by atoms with van der Waals surface area (Å²) in [5.41, 5.74) is 4.94. The van der Waals surface area contributed by atoms with Crippen LogP contribution in [0.15, 0.2) is 55.0 Å². The SMILES string of the molecule is C[C@@H]1CCC[C@@H](c2ccc(C#N)cc2-c2ccc(F)cc2)n2cncc21. The van der Waals surface area contributed by atoms with Crippen LogP contribution in [0, 0.1) is 17.1 Å². The molecule has 0 fully saturated rings. The summed E-state index contributed by atoms with van der Waals surface area (Å²) in [5, 5.41) is 9.33. The molecule has 1 aromatic heterocycles. The number of rotatable bonds is 2. The second-order valence-corrected chi connectivity index (χ2v) is 6.99. The number of imidazole rings is 1. The summed E-state index contributed by atoms with van der Waals surface area (Å²) in [7, 11) is 0. The fourth-order valence-electron chi connectivity index (χ4n) is 3.96. The molecule has 0 radical (unpaired) electrons. The van der Waals surface area contributed by atoms with E-state index in [9.17, 15) is 9.65 Å². The Balaban J connectivity index is 1.88. The van der Waals surface area contributed by atoms with Crippen LogP contribution >= 0.6 is 0 Å². The minimum Gasteiger partial charge on any atom is -0.327 e. The van der Waals surface area contributed by atoms with E-state index >= 15 is 0 Å². The van der Waals surface area contributed by atoms with Gasteiger partial charge in [0.25, 0.3) is 0 Å². The second-order valence-electron chi connectivity index (χ2n) is 6.99. The maximum Gasteiger partial charge on any atom is 0.123 e. The first-order valence-corrected chi connectivity index (χ1v) is 8.99. The standard InChI is InChI=1S/C22H20FN3/c1-15-3-2-4-21(26-14-25-13-22(15)26)19-10-5-16(12-24)11-20(19)17-6-8-18(23)9-7-17/h5-11,13-15,21H,2-4H2,1H3/t15-,21+/m1/s1. The molecule has 0 N–H and O–H groups in total. The first-order valence-electron chi connectivity index (χ1n) is 8.99. The molecule has 0 unspecified atom stereocenters. The molecule has 3 nitrogen and oxygen atoms in total. The number of hydrogen-bond donors (Lipinski definition) is 0. The number of aromatic nitrogens is 2. The molecule has 0 saturated carbocycles. The summed E-state index contributed by atoms with van der Waals surface area (Å²) in [6.45, 7) is 2.25. The van der Waals surface area contributed by atoms with Crippen LogP contribution < -0.4 is 0 Å². The Morgan fingerprint density at radius 2 is 1.96 bits per heavy atom. The van der Waals surface area contributed by atoms with E-state index in [0.717, 1.165) is 36.0 Å². The summed E-state index contributed by atoms with van der Waals surface area (Å²) in [4.78, 5) is 4.38. The molecule has 1 aliphatic rings. The first kappa shape index (κ1) is 16.5. The molecular formula is C22H20FN3. The summed E-state index contributed by atoms with van der Waals surface area (Å²) in [6.07, 6.45) is 7.17. The van der Waals surface area contributed by atoms with Crippen molar-refractivity contribution < 1.29 is 4.39 Å². The number of nitriles is 1. The van der Waals surface area contributed by atoms with Crippen molar-refractivity contribution in [2.45, 2.75) is 38.1 Å². The summed E-state index contributed by atoms with van der Waals surface area (Å²) >= 11 is 0. The van der Waals surface area contributed by atoms with Crippen molar-refractivity contribution in [2.75, 3.05) is 0 Å². The molecule has 0 bridgehead atoms. The first-order chi connectivity index (χ1) is 12.7. The van der Waals surface area contributed by atoms with Gasteiger partial charge in [0.1, 0.15) is 5.82 Å². The lowest BCUT2D eigenvalue weighted by Gasteiger charge is -2.23. The van der Waals surface area contributed by atoms with Gasteiger partial charge < -0.3 is 4.57 Å². The highest BCUT2D eigenvalue weighted by Gasteiger charge is 2.25. The lowest BCUT2D eigenvalue weighted by atomic mass is 9.91. The molecule has 2 atom stereocenters. The van der Waals surface area contributed by atoms with Gasteiger partial charge >= 0.3 is 0 Å². The molecule has 0 spiro atoms. The summed E-state index contributed by atoms with van der Waals surface area (Å²) in [5.74, 6) is 0.224. The maximum atomic E-state index is 13.4.